The Labute approximate surface area is 325 Å². The van der Waals surface area contributed by atoms with Crippen LogP contribution in [0, 0.1) is 18.2 Å². The molecule has 13 nitrogen and oxygen atoms in total. The molecule has 0 bridgehead atoms. The number of nitrogen functional groups attached to an aromatic ring is 1. The molecular weight excluding hydrogens is 722 g/mol. The number of halogens is 1. The van der Waals surface area contributed by atoms with Crippen molar-refractivity contribution >= 4 is 34.7 Å². The van der Waals surface area contributed by atoms with Gasteiger partial charge in [-0.2, -0.15) is 0 Å². The minimum absolute atomic E-state index is 0.0827. The third-order valence-corrected chi connectivity index (χ3v) is 11.3. The highest BCUT2D eigenvalue weighted by Gasteiger charge is 2.43. The number of aromatic hydroxyl groups is 1. The largest absolute Gasteiger partial charge is 0.504 e. The second kappa shape index (κ2) is 16.3. The van der Waals surface area contributed by atoms with Crippen LogP contribution in [0.5, 0.6) is 5.75 Å². The molecule has 6 N–H and O–H groups in total. The van der Waals surface area contributed by atoms with Gasteiger partial charge in [-0.3, -0.25) is 14.5 Å². The van der Waals surface area contributed by atoms with Gasteiger partial charge in [0.1, 0.15) is 6.04 Å². The number of hydrogen-bond donors (Lipinski definition) is 5. The van der Waals surface area contributed by atoms with Crippen LogP contribution in [-0.2, 0) is 9.59 Å². The smallest absolute Gasteiger partial charge is 0.246 e. The standard InChI is InChI=1S/C40H50FN9O4S/c1-23(26-10-12-27(13-11-26)36-25(3)43-22-55-36)44-24(2)32-18-28(51)20-50(32)39(54)37(40(4,5)6)45-34(52)21-48-14-16-49(17-15-48)33-19-31(46-47-38(33)42)29-8-7-9-30(41)35(29)53/h7-13,19,22-23,28,32,37,44,51,53H,2,14-18,20-21H2,1,3-6H3,(H2,42,47)(H,45,52)/t23-,28+,32-,37+/m0/s1. The molecule has 2 saturated heterocycles. The van der Waals surface area contributed by atoms with E-state index in [4.69, 9.17) is 5.73 Å². The number of aromatic nitrogens is 3. The van der Waals surface area contributed by atoms with E-state index in [-0.39, 0.29) is 48.0 Å². The number of thiazole rings is 1. The minimum Gasteiger partial charge on any atom is -0.504 e. The van der Waals surface area contributed by atoms with Crippen LogP contribution >= 0.6 is 11.3 Å². The lowest BCUT2D eigenvalue weighted by molar-refractivity contribution is -0.140. The molecule has 0 radical (unpaired) electrons. The molecule has 2 aliphatic rings. The number of likely N-dealkylation sites (tertiary alicyclic amines) is 1. The summed E-state index contributed by atoms with van der Waals surface area (Å²) in [6, 6.07) is 12.8. The molecule has 0 saturated carbocycles. The maximum Gasteiger partial charge on any atom is 0.246 e. The van der Waals surface area contributed by atoms with Crippen molar-refractivity contribution in [3.63, 3.8) is 0 Å². The number of para-hydroxylation sites is 1. The number of phenolic OH excluding ortho intramolecular Hbond substituents is 1. The number of carbonyl (C=O) groups is 2. The first kappa shape index (κ1) is 39.6. The number of benzene rings is 2. The van der Waals surface area contributed by atoms with Crippen molar-refractivity contribution < 1.29 is 24.2 Å². The molecule has 2 fully saturated rings. The number of rotatable bonds is 11. The Morgan fingerprint density at radius 1 is 1.09 bits per heavy atom. The maximum atomic E-state index is 14.3. The van der Waals surface area contributed by atoms with E-state index in [1.165, 1.54) is 6.07 Å². The fourth-order valence-electron chi connectivity index (χ4n) is 7.22. The van der Waals surface area contributed by atoms with E-state index in [0.29, 0.717) is 44.0 Å². The monoisotopic (exact) mass is 771 g/mol. The number of hydrogen-bond acceptors (Lipinski definition) is 12. The second-order valence-corrected chi connectivity index (χ2v) is 16.3. The zero-order chi connectivity index (χ0) is 39.6. The van der Waals surface area contributed by atoms with E-state index in [2.05, 4.69) is 56.7 Å². The SMILES string of the molecule is C=C(N[C@@H](C)c1ccc(-c2scnc2C)cc1)[C@@H]1C[C@@H](O)CN1C(=O)[C@@H](NC(=O)CN1CCN(c2cc(-c3cccc(F)c3O)nnc2N)CC1)C(C)(C)C. The summed E-state index contributed by atoms with van der Waals surface area (Å²) in [5, 5.41) is 35.6. The van der Waals surface area contributed by atoms with Crippen LogP contribution in [0.2, 0.25) is 0 Å². The summed E-state index contributed by atoms with van der Waals surface area (Å²) in [5.74, 6) is -1.62. The summed E-state index contributed by atoms with van der Waals surface area (Å²) >= 11 is 1.61. The molecule has 4 atom stereocenters. The molecule has 0 unspecified atom stereocenters. The summed E-state index contributed by atoms with van der Waals surface area (Å²) < 4.78 is 14.0. The van der Waals surface area contributed by atoms with E-state index in [0.717, 1.165) is 27.8 Å². The van der Waals surface area contributed by atoms with Crippen LogP contribution in [-0.4, -0.2) is 104 Å². The number of β-amino-alcohol motifs (C(OH)–C–C–N with tert-alkyl or cyclic N) is 1. The Balaban J connectivity index is 1.06. The van der Waals surface area contributed by atoms with Gasteiger partial charge in [-0.05, 0) is 48.6 Å². The molecule has 6 rings (SSSR count). The zero-order valence-electron chi connectivity index (χ0n) is 31.9. The minimum atomic E-state index is -0.845. The number of nitrogens with two attached hydrogens (primary N) is 1. The molecule has 2 amide bonds. The average molecular weight is 772 g/mol. The van der Waals surface area contributed by atoms with Gasteiger partial charge in [0, 0.05) is 56.4 Å². The van der Waals surface area contributed by atoms with E-state index >= 15 is 0 Å². The predicted molar refractivity (Wildman–Crippen MR) is 213 cm³/mol. The number of nitrogens with zero attached hydrogens (tertiary/aromatic N) is 6. The number of aryl methyl sites for hydroxylation is 1. The fraction of sp³-hybridized carbons (Fsp3) is 0.425. The van der Waals surface area contributed by atoms with Crippen molar-refractivity contribution in [2.75, 3.05) is 49.9 Å². The fourth-order valence-corrected chi connectivity index (χ4v) is 8.03. The molecule has 2 aromatic carbocycles. The Morgan fingerprint density at radius 3 is 2.45 bits per heavy atom. The van der Waals surface area contributed by atoms with Gasteiger partial charge in [0.05, 0.1) is 46.2 Å². The number of piperazine rings is 1. The van der Waals surface area contributed by atoms with Crippen LogP contribution in [0.15, 0.2) is 66.3 Å². The van der Waals surface area contributed by atoms with E-state index in [1.807, 2.05) is 49.9 Å². The first-order valence-corrected chi connectivity index (χ1v) is 19.3. The van der Waals surface area contributed by atoms with Crippen molar-refractivity contribution in [2.24, 2.45) is 5.41 Å². The highest BCUT2D eigenvalue weighted by atomic mass is 32.1. The van der Waals surface area contributed by atoms with E-state index < -0.39 is 35.2 Å². The van der Waals surface area contributed by atoms with Gasteiger partial charge in [0.2, 0.25) is 11.8 Å². The summed E-state index contributed by atoms with van der Waals surface area (Å²) in [7, 11) is 0. The number of nitrogens with one attached hydrogen (secondary N) is 2. The number of amides is 2. The molecule has 4 aromatic rings. The highest BCUT2D eigenvalue weighted by molar-refractivity contribution is 7.13. The third-order valence-electron chi connectivity index (χ3n) is 10.3. The van der Waals surface area contributed by atoms with Gasteiger partial charge >= 0.3 is 0 Å². The van der Waals surface area contributed by atoms with Gasteiger partial charge in [0.15, 0.2) is 17.4 Å². The molecule has 2 aliphatic heterocycles. The van der Waals surface area contributed by atoms with Crippen molar-refractivity contribution in [2.45, 2.75) is 65.3 Å². The van der Waals surface area contributed by atoms with Crippen molar-refractivity contribution in [3.05, 3.63) is 83.4 Å². The quantitative estimate of drug-likeness (QED) is 0.146. The maximum absolute atomic E-state index is 14.3. The van der Waals surface area contributed by atoms with Gasteiger partial charge < -0.3 is 36.4 Å². The Kier molecular flexibility index (Phi) is 11.7. The number of aliphatic hydroxyl groups is 1. The number of phenols is 1. The van der Waals surface area contributed by atoms with Crippen molar-refractivity contribution in [1.29, 1.82) is 0 Å². The van der Waals surface area contributed by atoms with E-state index in [1.54, 1.807) is 28.4 Å². The van der Waals surface area contributed by atoms with Gasteiger partial charge in [0.25, 0.3) is 0 Å². The first-order valence-electron chi connectivity index (χ1n) is 18.4. The molecule has 55 heavy (non-hydrogen) atoms. The molecule has 2 aromatic heterocycles. The highest BCUT2D eigenvalue weighted by Crippen LogP contribution is 2.34. The topological polar surface area (TPSA) is 173 Å². The summed E-state index contributed by atoms with van der Waals surface area (Å²) in [4.78, 5) is 39.0. The van der Waals surface area contributed by atoms with Crippen LogP contribution < -0.4 is 21.3 Å². The lowest BCUT2D eigenvalue weighted by atomic mass is 9.85. The second-order valence-electron chi connectivity index (χ2n) is 15.4. The third kappa shape index (κ3) is 8.90. The van der Waals surface area contributed by atoms with Crippen molar-refractivity contribution in [3.8, 4) is 27.4 Å². The summed E-state index contributed by atoms with van der Waals surface area (Å²) in [6.45, 7) is 16.4. The number of aliphatic hydroxyl groups excluding tert-OH is 1. The number of anilines is 2. The van der Waals surface area contributed by atoms with Crippen molar-refractivity contribution in [1.82, 2.24) is 35.6 Å². The average Bonchev–Trinajstić information content (AvgIpc) is 3.77. The van der Waals surface area contributed by atoms with Crippen LogP contribution in [0.25, 0.3) is 21.7 Å². The molecule has 0 aliphatic carbocycles. The Hall–Kier alpha value is -5.12. The van der Waals surface area contributed by atoms with E-state index in [9.17, 15) is 24.2 Å². The molecule has 292 valence electrons. The van der Waals surface area contributed by atoms with Crippen LogP contribution in [0.3, 0.4) is 0 Å². The van der Waals surface area contributed by atoms with Gasteiger partial charge in [-0.15, -0.1) is 21.5 Å². The summed E-state index contributed by atoms with van der Waals surface area (Å²) in [5.41, 5.74) is 12.3. The lowest BCUT2D eigenvalue weighted by Crippen LogP contribution is -2.58. The lowest BCUT2D eigenvalue weighted by Gasteiger charge is -2.38. The predicted octanol–water partition coefficient (Wildman–Crippen LogP) is 4.48. The molecule has 4 heterocycles. The normalized spacial score (nSPS) is 18.9. The van der Waals surface area contributed by atoms with Crippen LogP contribution in [0.4, 0.5) is 15.9 Å². The Bertz CT molecular complexity index is 2030. The molecule has 0 spiro atoms. The molecular formula is C40H50FN9O4S. The van der Waals surface area contributed by atoms with Gasteiger partial charge in [-0.1, -0.05) is 57.7 Å². The van der Waals surface area contributed by atoms with Crippen LogP contribution in [0.1, 0.15) is 51.4 Å². The zero-order valence-corrected chi connectivity index (χ0v) is 32.7. The summed E-state index contributed by atoms with van der Waals surface area (Å²) in [6.07, 6.45) is -0.386. The Morgan fingerprint density at radius 2 is 1.80 bits per heavy atom. The van der Waals surface area contributed by atoms with Gasteiger partial charge in [-0.25, -0.2) is 9.37 Å². The first-order chi connectivity index (χ1) is 26.1. The number of carbonyl (C=O) groups excluding carboxylic acids is 2. The molecule has 15 heteroatoms.